The average Bonchev–Trinajstić information content (AvgIpc) is 2.76. The lowest BCUT2D eigenvalue weighted by atomic mass is 10.3. The van der Waals surface area contributed by atoms with Gasteiger partial charge in [0.05, 0.1) is 17.4 Å². The minimum Gasteiger partial charge on any atom is -0.399 e. The summed E-state index contributed by atoms with van der Waals surface area (Å²) in [5, 5.41) is 0. The normalized spacial score (nSPS) is 11.2. The highest BCUT2D eigenvalue weighted by atomic mass is 16.5. The molecule has 98 valence electrons. The summed E-state index contributed by atoms with van der Waals surface area (Å²) in [6.07, 6.45) is 5.22. The number of ether oxygens (including phenoxy) is 1. The number of fused-ring (bicyclic) bond motifs is 1. The van der Waals surface area contributed by atoms with Gasteiger partial charge in [0.2, 0.25) is 0 Å². The van der Waals surface area contributed by atoms with Gasteiger partial charge in [-0.2, -0.15) is 0 Å². The molecule has 18 heavy (non-hydrogen) atoms. The van der Waals surface area contributed by atoms with Crippen LogP contribution in [0.4, 0.5) is 5.69 Å². The van der Waals surface area contributed by atoms with Crippen LogP contribution in [-0.2, 0) is 11.3 Å². The summed E-state index contributed by atoms with van der Waals surface area (Å²) >= 11 is 0. The summed E-state index contributed by atoms with van der Waals surface area (Å²) in [5.41, 5.74) is 8.59. The third kappa shape index (κ3) is 3.23. The van der Waals surface area contributed by atoms with E-state index in [4.69, 9.17) is 10.5 Å². The first kappa shape index (κ1) is 12.9. The van der Waals surface area contributed by atoms with Gasteiger partial charge in [-0.15, -0.1) is 0 Å². The van der Waals surface area contributed by atoms with Gasteiger partial charge in [-0.3, -0.25) is 0 Å². The minimum absolute atomic E-state index is 0.760. The van der Waals surface area contributed by atoms with E-state index in [9.17, 15) is 0 Å². The zero-order chi connectivity index (χ0) is 12.8. The zero-order valence-corrected chi connectivity index (χ0v) is 10.9. The molecule has 1 heterocycles. The van der Waals surface area contributed by atoms with Crippen LogP contribution in [0.2, 0.25) is 0 Å². The number of unbranched alkanes of at least 4 members (excludes halogenated alkanes) is 1. The molecule has 2 rings (SSSR count). The first-order chi connectivity index (χ1) is 8.81. The van der Waals surface area contributed by atoms with Crippen molar-refractivity contribution in [2.75, 3.05) is 18.9 Å². The average molecular weight is 247 g/mol. The van der Waals surface area contributed by atoms with E-state index in [2.05, 4.69) is 16.5 Å². The smallest absolute Gasteiger partial charge is 0.0958 e. The van der Waals surface area contributed by atoms with E-state index >= 15 is 0 Å². The topological polar surface area (TPSA) is 53.1 Å². The van der Waals surface area contributed by atoms with Crippen molar-refractivity contribution in [3.63, 3.8) is 0 Å². The molecule has 4 nitrogen and oxygen atoms in total. The highest BCUT2D eigenvalue weighted by Gasteiger charge is 2.02. The molecule has 0 radical (unpaired) electrons. The van der Waals surface area contributed by atoms with E-state index in [0.717, 1.165) is 49.3 Å². The van der Waals surface area contributed by atoms with Crippen molar-refractivity contribution in [2.45, 2.75) is 32.7 Å². The summed E-state index contributed by atoms with van der Waals surface area (Å²) in [6.45, 7) is 4.80. The molecule has 2 N–H and O–H groups in total. The van der Waals surface area contributed by atoms with E-state index in [-0.39, 0.29) is 0 Å². The predicted octanol–water partition coefficient (Wildman–Crippen LogP) is 2.83. The molecule has 0 aliphatic carbocycles. The number of aryl methyl sites for hydroxylation is 1. The number of anilines is 1. The van der Waals surface area contributed by atoms with Crippen molar-refractivity contribution in [1.29, 1.82) is 0 Å². The van der Waals surface area contributed by atoms with Gasteiger partial charge in [-0.05, 0) is 31.0 Å². The van der Waals surface area contributed by atoms with E-state index in [1.54, 1.807) is 0 Å². The molecule has 0 unspecified atom stereocenters. The predicted molar refractivity (Wildman–Crippen MR) is 74.5 cm³/mol. The second-order valence-corrected chi connectivity index (χ2v) is 4.51. The Bertz CT molecular complexity index is 493. The Hall–Kier alpha value is -1.55. The Kier molecular flexibility index (Phi) is 4.59. The van der Waals surface area contributed by atoms with Gasteiger partial charge in [0.25, 0.3) is 0 Å². The third-order valence-electron chi connectivity index (χ3n) is 2.98. The van der Waals surface area contributed by atoms with Crippen molar-refractivity contribution < 1.29 is 4.74 Å². The first-order valence-corrected chi connectivity index (χ1v) is 6.59. The van der Waals surface area contributed by atoms with E-state index in [1.165, 1.54) is 6.42 Å². The van der Waals surface area contributed by atoms with Crippen LogP contribution in [0, 0.1) is 0 Å². The Morgan fingerprint density at radius 2 is 2.11 bits per heavy atom. The van der Waals surface area contributed by atoms with Crippen molar-refractivity contribution in [3.05, 3.63) is 24.5 Å². The molecular weight excluding hydrogens is 226 g/mol. The molecule has 0 saturated heterocycles. The number of nitrogen functional groups attached to an aromatic ring is 1. The summed E-state index contributed by atoms with van der Waals surface area (Å²) in [6, 6.07) is 5.84. The number of benzene rings is 1. The number of imidazole rings is 1. The molecule has 0 saturated carbocycles. The van der Waals surface area contributed by atoms with E-state index in [1.807, 2.05) is 24.5 Å². The Morgan fingerprint density at radius 3 is 2.94 bits per heavy atom. The van der Waals surface area contributed by atoms with Crippen LogP contribution in [0.3, 0.4) is 0 Å². The lowest BCUT2D eigenvalue weighted by Gasteiger charge is -2.05. The fourth-order valence-electron chi connectivity index (χ4n) is 1.94. The number of nitrogens with zero attached hydrogens (tertiary/aromatic N) is 2. The van der Waals surface area contributed by atoms with Gasteiger partial charge in [0.1, 0.15) is 0 Å². The lowest BCUT2D eigenvalue weighted by Crippen LogP contribution is -2.02. The number of nitrogens with two attached hydrogens (primary N) is 1. The molecule has 0 bridgehead atoms. The van der Waals surface area contributed by atoms with Gasteiger partial charge in [0.15, 0.2) is 0 Å². The Balaban J connectivity index is 1.84. The molecule has 0 spiro atoms. The molecule has 1 aromatic carbocycles. The second-order valence-electron chi connectivity index (χ2n) is 4.51. The second kappa shape index (κ2) is 6.40. The summed E-state index contributed by atoms with van der Waals surface area (Å²) in [5.74, 6) is 0. The number of aromatic nitrogens is 2. The maximum absolute atomic E-state index is 5.73. The maximum atomic E-state index is 5.73. The van der Waals surface area contributed by atoms with Crippen LogP contribution < -0.4 is 5.73 Å². The SMILES string of the molecule is CCCCOCCCn1cnc2cc(N)ccc21. The monoisotopic (exact) mass is 247 g/mol. The third-order valence-corrected chi connectivity index (χ3v) is 2.98. The minimum atomic E-state index is 0.760. The Labute approximate surface area is 108 Å². The van der Waals surface area contributed by atoms with Crippen LogP contribution in [-0.4, -0.2) is 22.8 Å². The molecule has 4 heteroatoms. The van der Waals surface area contributed by atoms with Crippen molar-refractivity contribution in [1.82, 2.24) is 9.55 Å². The van der Waals surface area contributed by atoms with Crippen molar-refractivity contribution in [3.8, 4) is 0 Å². The van der Waals surface area contributed by atoms with E-state index in [0.29, 0.717) is 0 Å². The quantitative estimate of drug-likeness (QED) is 0.604. The zero-order valence-electron chi connectivity index (χ0n) is 10.9. The summed E-state index contributed by atoms with van der Waals surface area (Å²) in [7, 11) is 0. The van der Waals surface area contributed by atoms with Crippen LogP contribution in [0.5, 0.6) is 0 Å². The van der Waals surface area contributed by atoms with Crippen LogP contribution in [0.1, 0.15) is 26.2 Å². The van der Waals surface area contributed by atoms with E-state index < -0.39 is 0 Å². The highest BCUT2D eigenvalue weighted by molar-refractivity contribution is 5.78. The molecule has 0 amide bonds. The Morgan fingerprint density at radius 1 is 1.28 bits per heavy atom. The van der Waals surface area contributed by atoms with Gasteiger partial charge in [-0.25, -0.2) is 4.98 Å². The van der Waals surface area contributed by atoms with Gasteiger partial charge < -0.3 is 15.0 Å². The molecule has 0 aliphatic rings. The fourth-order valence-corrected chi connectivity index (χ4v) is 1.94. The lowest BCUT2D eigenvalue weighted by molar-refractivity contribution is 0.126. The van der Waals surface area contributed by atoms with Crippen LogP contribution in [0.25, 0.3) is 11.0 Å². The van der Waals surface area contributed by atoms with Gasteiger partial charge in [-0.1, -0.05) is 13.3 Å². The highest BCUT2D eigenvalue weighted by Crippen LogP contribution is 2.16. The van der Waals surface area contributed by atoms with Crippen molar-refractivity contribution in [2.24, 2.45) is 0 Å². The number of rotatable bonds is 7. The number of hydrogen-bond donors (Lipinski definition) is 1. The molecule has 0 fully saturated rings. The number of hydrogen-bond acceptors (Lipinski definition) is 3. The van der Waals surface area contributed by atoms with Gasteiger partial charge >= 0.3 is 0 Å². The molecule has 0 aliphatic heterocycles. The summed E-state index contributed by atoms with van der Waals surface area (Å²) < 4.78 is 7.70. The largest absolute Gasteiger partial charge is 0.399 e. The molecular formula is C14H21N3O. The van der Waals surface area contributed by atoms with Crippen molar-refractivity contribution >= 4 is 16.7 Å². The first-order valence-electron chi connectivity index (χ1n) is 6.59. The molecule has 0 atom stereocenters. The molecule has 1 aromatic heterocycles. The fraction of sp³-hybridized carbons (Fsp3) is 0.500. The van der Waals surface area contributed by atoms with Gasteiger partial charge in [0, 0.05) is 25.4 Å². The standard InChI is InChI=1S/C14H21N3O/c1-2-3-8-18-9-4-7-17-11-16-13-10-12(15)5-6-14(13)17/h5-6,10-11H,2-4,7-9,15H2,1H3. The van der Waals surface area contributed by atoms with Crippen LogP contribution >= 0.6 is 0 Å². The summed E-state index contributed by atoms with van der Waals surface area (Å²) in [4.78, 5) is 4.35. The molecule has 2 aromatic rings. The van der Waals surface area contributed by atoms with Crippen LogP contribution in [0.15, 0.2) is 24.5 Å². The maximum Gasteiger partial charge on any atom is 0.0958 e.